The quantitative estimate of drug-likeness (QED) is 0.930. The second-order valence-corrected chi connectivity index (χ2v) is 5.95. The van der Waals surface area contributed by atoms with E-state index >= 15 is 0 Å². The highest BCUT2D eigenvalue weighted by Crippen LogP contribution is 2.32. The second-order valence-electron chi connectivity index (χ2n) is 5.95. The van der Waals surface area contributed by atoms with Crippen molar-refractivity contribution in [1.29, 1.82) is 0 Å². The minimum atomic E-state index is 0.831. The summed E-state index contributed by atoms with van der Waals surface area (Å²) in [4.78, 5) is 4.12. The summed E-state index contributed by atoms with van der Waals surface area (Å²) in [5.74, 6) is 0.831. The summed E-state index contributed by atoms with van der Waals surface area (Å²) >= 11 is 0. The van der Waals surface area contributed by atoms with Crippen molar-refractivity contribution in [3.63, 3.8) is 0 Å². The highest BCUT2D eigenvalue weighted by molar-refractivity contribution is 5.84. The zero-order valence-corrected chi connectivity index (χ0v) is 12.4. The third-order valence-electron chi connectivity index (χ3n) is 4.11. The maximum absolute atomic E-state index is 4.12. The first-order chi connectivity index (χ1) is 10.9. The molecular weight excluding hydrogens is 270 g/mol. The van der Waals surface area contributed by atoms with Gasteiger partial charge in [0.2, 0.25) is 0 Å². The van der Waals surface area contributed by atoms with Gasteiger partial charge in [0.05, 0.1) is 5.70 Å². The molecule has 0 spiro atoms. The Hall–Kier alpha value is -2.55. The van der Waals surface area contributed by atoms with Gasteiger partial charge in [-0.1, -0.05) is 30.3 Å². The van der Waals surface area contributed by atoms with Gasteiger partial charge in [-0.25, -0.2) is 0 Å². The summed E-state index contributed by atoms with van der Waals surface area (Å²) in [6, 6.07) is 14.6. The standard InChI is InChI=1S/C19H19N3/c1-2-4-17(5-3-1)19-12-18(16-8-10-20-11-9-16)14-22(21-19)13-15-6-7-15/h1-5,8-12,14-15,21H,6-7,13H2. The van der Waals surface area contributed by atoms with Crippen LogP contribution in [0, 0.1) is 5.92 Å². The average Bonchev–Trinajstić information content (AvgIpc) is 3.40. The van der Waals surface area contributed by atoms with Crippen LogP contribution in [0.25, 0.3) is 11.3 Å². The number of hydrazine groups is 1. The van der Waals surface area contributed by atoms with Crippen molar-refractivity contribution in [3.8, 4) is 0 Å². The molecular formula is C19H19N3. The summed E-state index contributed by atoms with van der Waals surface area (Å²) in [6.07, 6.45) is 10.8. The molecule has 0 amide bonds. The number of benzene rings is 1. The lowest BCUT2D eigenvalue weighted by molar-refractivity contribution is 0.309. The summed E-state index contributed by atoms with van der Waals surface area (Å²) < 4.78 is 0. The molecule has 1 aromatic carbocycles. The molecule has 22 heavy (non-hydrogen) atoms. The van der Waals surface area contributed by atoms with Gasteiger partial charge in [-0.3, -0.25) is 15.4 Å². The molecule has 1 aromatic heterocycles. The summed E-state index contributed by atoms with van der Waals surface area (Å²) in [5.41, 5.74) is 8.33. The minimum Gasteiger partial charge on any atom is -0.298 e. The highest BCUT2D eigenvalue weighted by Gasteiger charge is 2.25. The molecule has 3 heteroatoms. The third-order valence-corrected chi connectivity index (χ3v) is 4.11. The van der Waals surface area contributed by atoms with E-state index in [1.54, 1.807) is 0 Å². The van der Waals surface area contributed by atoms with Crippen molar-refractivity contribution in [2.45, 2.75) is 12.8 Å². The number of hydrogen-bond acceptors (Lipinski definition) is 3. The molecule has 1 N–H and O–H groups in total. The van der Waals surface area contributed by atoms with Crippen LogP contribution in [0.3, 0.4) is 0 Å². The van der Waals surface area contributed by atoms with E-state index in [-0.39, 0.29) is 0 Å². The fraction of sp³-hybridized carbons (Fsp3) is 0.211. The van der Waals surface area contributed by atoms with Crippen LogP contribution in [0.15, 0.2) is 67.1 Å². The second kappa shape index (κ2) is 5.68. The summed E-state index contributed by atoms with van der Waals surface area (Å²) in [6.45, 7) is 1.07. The molecule has 3 nitrogen and oxygen atoms in total. The van der Waals surface area contributed by atoms with Crippen molar-refractivity contribution in [1.82, 2.24) is 15.4 Å². The topological polar surface area (TPSA) is 28.2 Å². The molecule has 110 valence electrons. The first kappa shape index (κ1) is 13.1. The molecule has 0 atom stereocenters. The maximum Gasteiger partial charge on any atom is 0.0621 e. The van der Waals surface area contributed by atoms with Gasteiger partial charge in [0, 0.05) is 30.7 Å². The van der Waals surface area contributed by atoms with Gasteiger partial charge < -0.3 is 0 Å². The Labute approximate surface area is 131 Å². The number of hydrogen-bond donors (Lipinski definition) is 1. The molecule has 2 aliphatic rings. The van der Waals surface area contributed by atoms with Crippen molar-refractivity contribution < 1.29 is 0 Å². The van der Waals surface area contributed by atoms with E-state index < -0.39 is 0 Å². The molecule has 1 saturated carbocycles. The maximum atomic E-state index is 4.12. The zero-order valence-electron chi connectivity index (χ0n) is 12.4. The van der Waals surface area contributed by atoms with Crippen molar-refractivity contribution >= 4 is 11.3 Å². The van der Waals surface area contributed by atoms with E-state index in [0.717, 1.165) is 18.2 Å². The minimum absolute atomic E-state index is 0.831. The fourth-order valence-corrected chi connectivity index (χ4v) is 2.72. The predicted octanol–water partition coefficient (Wildman–Crippen LogP) is 3.69. The van der Waals surface area contributed by atoms with Crippen molar-refractivity contribution in [2.75, 3.05) is 6.54 Å². The van der Waals surface area contributed by atoms with E-state index in [4.69, 9.17) is 0 Å². The Balaban J connectivity index is 1.69. The van der Waals surface area contributed by atoms with Gasteiger partial charge in [0.1, 0.15) is 0 Å². The number of pyridine rings is 1. The molecule has 4 rings (SSSR count). The van der Waals surface area contributed by atoms with Gasteiger partial charge in [0.25, 0.3) is 0 Å². The Kier molecular flexibility index (Phi) is 3.39. The monoisotopic (exact) mass is 289 g/mol. The number of nitrogens with one attached hydrogen (secondary N) is 1. The molecule has 1 fully saturated rings. The van der Waals surface area contributed by atoms with Gasteiger partial charge in [-0.2, -0.15) is 0 Å². The van der Waals surface area contributed by atoms with Crippen LogP contribution < -0.4 is 5.43 Å². The lowest BCUT2D eigenvalue weighted by Gasteiger charge is -2.29. The van der Waals surface area contributed by atoms with E-state index in [9.17, 15) is 0 Å². The molecule has 1 aliphatic carbocycles. The van der Waals surface area contributed by atoms with E-state index in [1.807, 2.05) is 12.4 Å². The Bertz CT molecular complexity index is 700. The lowest BCUT2D eigenvalue weighted by atomic mass is 10.0. The van der Waals surface area contributed by atoms with Gasteiger partial charge in [0.15, 0.2) is 0 Å². The molecule has 2 aromatic rings. The number of rotatable bonds is 4. The van der Waals surface area contributed by atoms with Crippen LogP contribution in [0.1, 0.15) is 24.0 Å². The van der Waals surface area contributed by atoms with Crippen molar-refractivity contribution in [3.05, 3.63) is 78.3 Å². The van der Waals surface area contributed by atoms with Gasteiger partial charge >= 0.3 is 0 Å². The molecule has 0 radical (unpaired) electrons. The summed E-state index contributed by atoms with van der Waals surface area (Å²) in [7, 11) is 0. The molecule has 0 saturated heterocycles. The molecule has 0 unspecified atom stereocenters. The largest absolute Gasteiger partial charge is 0.298 e. The fourth-order valence-electron chi connectivity index (χ4n) is 2.72. The highest BCUT2D eigenvalue weighted by atomic mass is 15.5. The lowest BCUT2D eigenvalue weighted by Crippen LogP contribution is -2.36. The van der Waals surface area contributed by atoms with Crippen LogP contribution in [-0.2, 0) is 0 Å². The average molecular weight is 289 g/mol. The Morgan fingerprint density at radius 3 is 2.50 bits per heavy atom. The Morgan fingerprint density at radius 1 is 1.00 bits per heavy atom. The van der Waals surface area contributed by atoms with Crippen molar-refractivity contribution in [2.24, 2.45) is 5.92 Å². The Morgan fingerprint density at radius 2 is 1.77 bits per heavy atom. The number of nitrogens with zero attached hydrogens (tertiary/aromatic N) is 2. The zero-order chi connectivity index (χ0) is 14.8. The molecule has 0 bridgehead atoms. The number of aromatic nitrogens is 1. The first-order valence-corrected chi connectivity index (χ1v) is 7.81. The summed E-state index contributed by atoms with van der Waals surface area (Å²) in [5, 5.41) is 2.23. The van der Waals surface area contributed by atoms with Crippen LogP contribution in [-0.4, -0.2) is 16.5 Å². The van der Waals surface area contributed by atoms with Crippen LogP contribution in [0.4, 0.5) is 0 Å². The normalized spacial score (nSPS) is 17.5. The van der Waals surface area contributed by atoms with Gasteiger partial charge in [-0.15, -0.1) is 0 Å². The van der Waals surface area contributed by atoms with Crippen LogP contribution >= 0.6 is 0 Å². The molecule has 1 aliphatic heterocycles. The molecule has 2 heterocycles. The smallest absolute Gasteiger partial charge is 0.0621 e. The van der Waals surface area contributed by atoms with E-state index in [0.29, 0.717) is 0 Å². The first-order valence-electron chi connectivity index (χ1n) is 7.81. The van der Waals surface area contributed by atoms with Gasteiger partial charge in [-0.05, 0) is 48.1 Å². The number of allylic oxidation sites excluding steroid dienone is 2. The van der Waals surface area contributed by atoms with E-state index in [2.05, 4.69) is 70.2 Å². The van der Waals surface area contributed by atoms with Crippen LogP contribution in [0.5, 0.6) is 0 Å². The van der Waals surface area contributed by atoms with Crippen LogP contribution in [0.2, 0.25) is 0 Å². The SMILES string of the molecule is C1=C(c2ccncc2)C=C(c2ccccc2)NN1CC1CC1. The van der Waals surface area contributed by atoms with E-state index in [1.165, 1.54) is 29.5 Å². The third kappa shape index (κ3) is 2.89. The predicted molar refractivity (Wildman–Crippen MR) is 89.2 cm³/mol.